The first-order chi connectivity index (χ1) is 16.6. The van der Waals surface area contributed by atoms with Crippen LogP contribution in [0, 0.1) is 5.82 Å². The van der Waals surface area contributed by atoms with Gasteiger partial charge in [0.05, 0.1) is 0 Å². The first-order valence-electron chi connectivity index (χ1n) is 11.2. The predicted molar refractivity (Wildman–Crippen MR) is 128 cm³/mol. The third-order valence-electron chi connectivity index (χ3n) is 6.28. The highest BCUT2D eigenvalue weighted by molar-refractivity contribution is 6.03. The van der Waals surface area contributed by atoms with Crippen LogP contribution in [-0.2, 0) is 4.79 Å². The normalized spacial score (nSPS) is 20.0. The van der Waals surface area contributed by atoms with Gasteiger partial charge in [-0.1, -0.05) is 54.6 Å². The van der Waals surface area contributed by atoms with Crippen molar-refractivity contribution in [3.05, 3.63) is 107 Å². The van der Waals surface area contributed by atoms with E-state index < -0.39 is 6.04 Å². The van der Waals surface area contributed by atoms with Crippen molar-refractivity contribution in [2.75, 3.05) is 5.32 Å². The molecule has 0 amide bonds. The average molecular weight is 452 g/mol. The number of fused-ring (bicyclic) bond motifs is 1. The summed E-state index contributed by atoms with van der Waals surface area (Å²) in [6.07, 6.45) is 0.975. The number of carbonyl (C=O) groups is 1. The number of rotatable bonds is 3. The molecule has 3 aromatic carbocycles. The summed E-state index contributed by atoms with van der Waals surface area (Å²) in [5, 5.41) is 6.46. The fourth-order valence-electron chi connectivity index (χ4n) is 4.67. The lowest BCUT2D eigenvalue weighted by molar-refractivity contribution is -0.116. The Morgan fingerprint density at radius 1 is 0.912 bits per heavy atom. The molecule has 1 aliphatic carbocycles. The fraction of sp³-hybridized carbons (Fsp3) is 0.148. The maximum atomic E-state index is 13.4. The molecule has 4 aromatic rings. The molecule has 2 heterocycles. The first-order valence-corrected chi connectivity index (χ1v) is 11.2. The molecule has 1 aromatic heterocycles. The molecule has 2 atom stereocenters. The van der Waals surface area contributed by atoms with Gasteiger partial charge in [0.2, 0.25) is 5.96 Å². The number of para-hydroxylation sites is 2. The molecule has 6 rings (SSSR count). The second kappa shape index (κ2) is 8.26. The highest BCUT2D eigenvalue weighted by Crippen LogP contribution is 2.41. The lowest BCUT2D eigenvalue weighted by Crippen LogP contribution is -2.39. The molecule has 0 saturated carbocycles. The minimum absolute atomic E-state index is 0.0422. The SMILES string of the molecule is O=C1C[C@@H](c2ccc(F)cc2)CC2=C1[C@@H](c1ccccc1)N=C(Nc1nc3ccccc3o1)N2. The van der Waals surface area contributed by atoms with E-state index in [0.717, 1.165) is 22.3 Å². The zero-order valence-corrected chi connectivity index (χ0v) is 18.2. The monoisotopic (exact) mass is 452 g/mol. The van der Waals surface area contributed by atoms with Gasteiger partial charge in [0.25, 0.3) is 0 Å². The Bertz CT molecular complexity index is 1410. The average Bonchev–Trinajstić information content (AvgIpc) is 3.26. The number of guanidine groups is 1. The Balaban J connectivity index is 1.36. The van der Waals surface area contributed by atoms with Gasteiger partial charge in [-0.05, 0) is 47.7 Å². The van der Waals surface area contributed by atoms with Crippen molar-refractivity contribution >= 4 is 28.9 Å². The number of benzene rings is 3. The van der Waals surface area contributed by atoms with E-state index in [9.17, 15) is 9.18 Å². The molecular formula is C27H21FN4O2. The van der Waals surface area contributed by atoms with E-state index in [2.05, 4.69) is 15.6 Å². The highest BCUT2D eigenvalue weighted by Gasteiger charge is 2.37. The Hall–Kier alpha value is -4.26. The molecular weight excluding hydrogens is 431 g/mol. The van der Waals surface area contributed by atoms with Crippen molar-refractivity contribution in [2.24, 2.45) is 4.99 Å². The topological polar surface area (TPSA) is 79.5 Å². The molecule has 0 bridgehead atoms. The van der Waals surface area contributed by atoms with Crippen molar-refractivity contribution in [1.29, 1.82) is 0 Å². The van der Waals surface area contributed by atoms with Gasteiger partial charge in [-0.3, -0.25) is 10.1 Å². The van der Waals surface area contributed by atoms with Crippen LogP contribution in [0.15, 0.2) is 99.5 Å². The quantitative estimate of drug-likeness (QED) is 0.430. The largest absolute Gasteiger partial charge is 0.423 e. The number of anilines is 1. The van der Waals surface area contributed by atoms with Crippen LogP contribution in [0.4, 0.5) is 10.4 Å². The molecule has 2 aliphatic rings. The minimum atomic E-state index is -0.439. The zero-order chi connectivity index (χ0) is 23.1. The second-order valence-electron chi connectivity index (χ2n) is 8.50. The standard InChI is InChI=1S/C27H21FN4O2/c28-19-12-10-16(11-13-19)18-14-21-24(22(33)15-18)25(17-6-2-1-3-7-17)31-26(29-21)32-27-30-20-8-4-5-9-23(20)34-27/h1-13,18,25H,14-15H2,(H2,29,30,31,32)/t18-,25+/m0/s1. The van der Waals surface area contributed by atoms with E-state index in [-0.39, 0.29) is 17.5 Å². The third-order valence-corrected chi connectivity index (χ3v) is 6.28. The Morgan fingerprint density at radius 3 is 2.47 bits per heavy atom. The molecule has 6 nitrogen and oxygen atoms in total. The molecule has 7 heteroatoms. The van der Waals surface area contributed by atoms with E-state index in [4.69, 9.17) is 9.41 Å². The number of carbonyl (C=O) groups excluding carboxylic acids is 1. The number of Topliss-reactive ketones (excluding diaryl/α,β-unsaturated/α-hetero) is 1. The maximum absolute atomic E-state index is 13.4. The van der Waals surface area contributed by atoms with E-state index in [1.807, 2.05) is 54.6 Å². The van der Waals surface area contributed by atoms with Crippen LogP contribution >= 0.6 is 0 Å². The number of halogens is 1. The third kappa shape index (κ3) is 3.75. The van der Waals surface area contributed by atoms with E-state index >= 15 is 0 Å². The molecule has 0 unspecified atom stereocenters. The Morgan fingerprint density at radius 2 is 1.68 bits per heavy atom. The van der Waals surface area contributed by atoms with Gasteiger partial charge < -0.3 is 9.73 Å². The Labute approximate surface area is 195 Å². The van der Waals surface area contributed by atoms with Gasteiger partial charge in [0.15, 0.2) is 11.4 Å². The summed E-state index contributed by atoms with van der Waals surface area (Å²) in [6, 6.07) is 23.5. The van der Waals surface area contributed by atoms with Gasteiger partial charge in [-0.25, -0.2) is 9.38 Å². The van der Waals surface area contributed by atoms with E-state index in [1.165, 1.54) is 12.1 Å². The lowest BCUT2D eigenvalue weighted by Gasteiger charge is -2.33. The summed E-state index contributed by atoms with van der Waals surface area (Å²) >= 11 is 0. The summed E-state index contributed by atoms with van der Waals surface area (Å²) in [7, 11) is 0. The lowest BCUT2D eigenvalue weighted by atomic mass is 9.78. The van der Waals surface area contributed by atoms with Crippen LogP contribution in [0.25, 0.3) is 11.1 Å². The van der Waals surface area contributed by atoms with Crippen LogP contribution in [-0.4, -0.2) is 16.7 Å². The number of hydrogen-bond donors (Lipinski definition) is 2. The molecule has 34 heavy (non-hydrogen) atoms. The van der Waals surface area contributed by atoms with Crippen molar-refractivity contribution in [1.82, 2.24) is 10.3 Å². The number of nitrogens with zero attached hydrogens (tertiary/aromatic N) is 2. The zero-order valence-electron chi connectivity index (χ0n) is 18.2. The molecule has 0 saturated heterocycles. The van der Waals surface area contributed by atoms with Crippen LogP contribution < -0.4 is 10.6 Å². The smallest absolute Gasteiger partial charge is 0.302 e. The maximum Gasteiger partial charge on any atom is 0.302 e. The Kier molecular flexibility index (Phi) is 4.95. The van der Waals surface area contributed by atoms with E-state index in [1.54, 1.807) is 12.1 Å². The van der Waals surface area contributed by atoms with Crippen molar-refractivity contribution in [2.45, 2.75) is 24.8 Å². The number of aliphatic imine (C=N–C) groups is 1. The summed E-state index contributed by atoms with van der Waals surface area (Å²) < 4.78 is 19.3. The molecule has 0 fully saturated rings. The van der Waals surface area contributed by atoms with Crippen LogP contribution in [0.2, 0.25) is 0 Å². The first kappa shape index (κ1) is 20.4. The second-order valence-corrected chi connectivity index (χ2v) is 8.50. The molecule has 1 aliphatic heterocycles. The van der Waals surface area contributed by atoms with Crippen molar-refractivity contribution < 1.29 is 13.6 Å². The van der Waals surface area contributed by atoms with Crippen LogP contribution in [0.1, 0.15) is 35.9 Å². The molecule has 0 radical (unpaired) electrons. The number of hydrogen-bond acceptors (Lipinski definition) is 6. The number of ketones is 1. The number of allylic oxidation sites excluding steroid dienone is 1. The van der Waals surface area contributed by atoms with Crippen molar-refractivity contribution in [3.63, 3.8) is 0 Å². The van der Waals surface area contributed by atoms with Crippen molar-refractivity contribution in [3.8, 4) is 0 Å². The van der Waals surface area contributed by atoms with Gasteiger partial charge in [-0.2, -0.15) is 4.98 Å². The molecule has 168 valence electrons. The van der Waals surface area contributed by atoms with Gasteiger partial charge >= 0.3 is 6.01 Å². The number of oxazole rings is 1. The van der Waals surface area contributed by atoms with Gasteiger partial charge in [0, 0.05) is 17.7 Å². The summed E-state index contributed by atoms with van der Waals surface area (Å²) in [5.41, 5.74) is 4.77. The van der Waals surface area contributed by atoms with Crippen LogP contribution in [0.5, 0.6) is 0 Å². The summed E-state index contributed by atoms with van der Waals surface area (Å²) in [6.45, 7) is 0. The summed E-state index contributed by atoms with van der Waals surface area (Å²) in [4.78, 5) is 22.7. The molecule has 0 spiro atoms. The van der Waals surface area contributed by atoms with Gasteiger partial charge in [0.1, 0.15) is 17.4 Å². The van der Waals surface area contributed by atoms with Gasteiger partial charge in [-0.15, -0.1) is 0 Å². The van der Waals surface area contributed by atoms with Crippen LogP contribution in [0.3, 0.4) is 0 Å². The van der Waals surface area contributed by atoms with E-state index in [0.29, 0.717) is 36.0 Å². The predicted octanol–water partition coefficient (Wildman–Crippen LogP) is 5.48. The number of aromatic nitrogens is 1. The number of nitrogens with one attached hydrogen (secondary N) is 2. The summed E-state index contributed by atoms with van der Waals surface area (Å²) in [5.74, 6) is 0.176. The molecule has 2 N–H and O–H groups in total. The fourth-order valence-corrected chi connectivity index (χ4v) is 4.67. The highest BCUT2D eigenvalue weighted by atomic mass is 19.1. The minimum Gasteiger partial charge on any atom is -0.423 e.